The van der Waals surface area contributed by atoms with E-state index in [1.807, 2.05) is 41.7 Å². The minimum absolute atomic E-state index is 0.116. The number of anilines is 1. The lowest BCUT2D eigenvalue weighted by atomic mass is 10.2. The van der Waals surface area contributed by atoms with Crippen LogP contribution >= 0.6 is 23.5 Å². The maximum Gasteiger partial charge on any atom is 0.201 e. The molecular weight excluding hydrogens is 278 g/mol. The van der Waals surface area contributed by atoms with Crippen molar-refractivity contribution >= 4 is 40.8 Å². The zero-order chi connectivity index (χ0) is 13.7. The van der Waals surface area contributed by atoms with E-state index in [1.165, 1.54) is 17.1 Å². The summed E-state index contributed by atoms with van der Waals surface area (Å²) in [5.41, 5.74) is 9.90. The zero-order valence-electron chi connectivity index (χ0n) is 10.1. The Labute approximate surface area is 120 Å². The van der Waals surface area contributed by atoms with Gasteiger partial charge in [0.15, 0.2) is 5.84 Å². The van der Waals surface area contributed by atoms with Gasteiger partial charge >= 0.3 is 0 Å². The molecule has 0 aliphatic carbocycles. The highest BCUT2D eigenvalue weighted by Crippen LogP contribution is 2.45. The van der Waals surface area contributed by atoms with Gasteiger partial charge in [-0.3, -0.25) is 10.8 Å². The first-order chi connectivity index (χ1) is 9.20. The topological polar surface area (TPSA) is 98.0 Å². The maximum atomic E-state index is 8.75. The number of hydrogen-bond acceptors (Lipinski definition) is 6. The molecule has 7 heteroatoms. The number of thioether (sulfide) groups is 2. The van der Waals surface area contributed by atoms with E-state index in [4.69, 9.17) is 16.4 Å². The molecule has 0 bridgehead atoms. The second-order valence-electron chi connectivity index (χ2n) is 3.80. The van der Waals surface area contributed by atoms with Crippen molar-refractivity contribution in [2.45, 2.75) is 4.58 Å². The molecule has 0 amide bonds. The monoisotopic (exact) mass is 291 g/mol. The van der Waals surface area contributed by atoms with Crippen LogP contribution in [-0.4, -0.2) is 23.1 Å². The fourth-order valence-electron chi connectivity index (χ4n) is 1.57. The van der Waals surface area contributed by atoms with Crippen LogP contribution in [0.1, 0.15) is 10.1 Å². The van der Waals surface area contributed by atoms with Gasteiger partial charge in [0.1, 0.15) is 6.07 Å². The highest BCUT2D eigenvalue weighted by molar-refractivity contribution is 8.19. The molecule has 0 radical (unpaired) electrons. The molecule has 0 aromatic heterocycles. The summed E-state index contributed by atoms with van der Waals surface area (Å²) in [7, 11) is 0. The number of rotatable bonds is 4. The molecule has 1 aliphatic heterocycles. The summed E-state index contributed by atoms with van der Waals surface area (Å²) in [6.07, 6.45) is 0. The molecule has 1 aliphatic rings. The minimum Gasteiger partial charge on any atom is -0.382 e. The third-order valence-corrected chi connectivity index (χ3v) is 5.54. The van der Waals surface area contributed by atoms with Gasteiger partial charge in [-0.1, -0.05) is 12.1 Å². The fourth-order valence-corrected chi connectivity index (χ4v) is 4.41. The molecule has 0 unspecified atom stereocenters. The molecule has 0 spiro atoms. The normalized spacial score (nSPS) is 16.1. The molecule has 0 saturated carbocycles. The van der Waals surface area contributed by atoms with Gasteiger partial charge in [-0.05, 0) is 17.7 Å². The predicted octanol–water partition coefficient (Wildman–Crippen LogP) is 2.39. The van der Waals surface area contributed by atoms with Gasteiger partial charge < -0.3 is 5.73 Å². The second kappa shape index (κ2) is 6.50. The van der Waals surface area contributed by atoms with Gasteiger partial charge in [0.05, 0.1) is 10.3 Å². The average molecular weight is 291 g/mol. The van der Waals surface area contributed by atoms with Crippen molar-refractivity contribution < 1.29 is 0 Å². The molecule has 1 aromatic rings. The Hall–Kier alpha value is -1.65. The van der Waals surface area contributed by atoms with E-state index < -0.39 is 0 Å². The van der Waals surface area contributed by atoms with E-state index in [0.717, 1.165) is 5.69 Å². The molecule has 1 heterocycles. The molecule has 1 fully saturated rings. The summed E-state index contributed by atoms with van der Waals surface area (Å²) in [6, 6.07) is 9.68. The Morgan fingerprint density at radius 2 is 2.21 bits per heavy atom. The number of nitriles is 1. The summed E-state index contributed by atoms with van der Waals surface area (Å²) in [5.74, 6) is 2.01. The van der Waals surface area contributed by atoms with Gasteiger partial charge in [0, 0.05) is 11.5 Å². The van der Waals surface area contributed by atoms with Gasteiger partial charge in [0.25, 0.3) is 0 Å². The molecule has 1 aromatic carbocycles. The van der Waals surface area contributed by atoms with Gasteiger partial charge in [-0.15, -0.1) is 23.5 Å². The maximum absolute atomic E-state index is 8.75. The zero-order valence-corrected chi connectivity index (χ0v) is 11.7. The summed E-state index contributed by atoms with van der Waals surface area (Å²) in [4.78, 5) is 0. The van der Waals surface area contributed by atoms with Crippen molar-refractivity contribution in [1.29, 1.82) is 10.7 Å². The quantitative estimate of drug-likeness (QED) is 0.449. The molecular formula is C12H13N5S2. The van der Waals surface area contributed by atoms with Crippen LogP contribution in [0.15, 0.2) is 29.4 Å². The lowest BCUT2D eigenvalue weighted by molar-refractivity contribution is 1.31. The molecule has 19 heavy (non-hydrogen) atoms. The van der Waals surface area contributed by atoms with Crippen LogP contribution in [0.4, 0.5) is 5.69 Å². The lowest BCUT2D eigenvalue weighted by Gasteiger charge is -2.09. The first-order valence-electron chi connectivity index (χ1n) is 5.62. The molecule has 0 atom stereocenters. The van der Waals surface area contributed by atoms with E-state index in [0.29, 0.717) is 4.58 Å². The SMILES string of the molecule is N#C/C(=N\Nc1cccc(C2SCCS2)c1)C(=N)N. The van der Waals surface area contributed by atoms with Gasteiger partial charge in [-0.2, -0.15) is 10.4 Å². The summed E-state index contributed by atoms with van der Waals surface area (Å²) >= 11 is 3.86. The van der Waals surface area contributed by atoms with Gasteiger partial charge in [-0.25, -0.2) is 0 Å². The number of nitrogens with zero attached hydrogens (tertiary/aromatic N) is 2. The molecule has 1 saturated heterocycles. The summed E-state index contributed by atoms with van der Waals surface area (Å²) in [5, 5.41) is 19.7. The van der Waals surface area contributed by atoms with Crippen LogP contribution < -0.4 is 11.2 Å². The van der Waals surface area contributed by atoms with Crippen molar-refractivity contribution in [2.75, 3.05) is 16.9 Å². The van der Waals surface area contributed by atoms with Gasteiger partial charge in [0.2, 0.25) is 5.71 Å². The number of nitrogens with two attached hydrogens (primary N) is 1. The standard InChI is InChI=1S/C12H13N5S2/c13-7-10(11(14)15)17-16-9-3-1-2-8(6-9)12-18-4-5-19-12/h1-3,6,12,16H,4-5H2,(H3,14,15)/b17-10+. The van der Waals surface area contributed by atoms with Crippen LogP contribution in [0, 0.1) is 16.7 Å². The lowest BCUT2D eigenvalue weighted by Crippen LogP contribution is -2.21. The van der Waals surface area contributed by atoms with Crippen LogP contribution in [-0.2, 0) is 0 Å². The number of nitrogens with one attached hydrogen (secondary N) is 2. The van der Waals surface area contributed by atoms with E-state index in [-0.39, 0.29) is 11.5 Å². The van der Waals surface area contributed by atoms with Crippen LogP contribution in [0.5, 0.6) is 0 Å². The van der Waals surface area contributed by atoms with Crippen molar-refractivity contribution in [3.63, 3.8) is 0 Å². The van der Waals surface area contributed by atoms with E-state index in [2.05, 4.69) is 16.6 Å². The molecule has 5 nitrogen and oxygen atoms in total. The largest absolute Gasteiger partial charge is 0.382 e. The number of amidine groups is 1. The van der Waals surface area contributed by atoms with Crippen LogP contribution in [0.3, 0.4) is 0 Å². The summed E-state index contributed by atoms with van der Waals surface area (Å²) < 4.78 is 0.467. The smallest absolute Gasteiger partial charge is 0.201 e. The molecule has 98 valence electrons. The van der Waals surface area contributed by atoms with Crippen molar-refractivity contribution in [3.05, 3.63) is 29.8 Å². The Kier molecular flexibility index (Phi) is 4.71. The van der Waals surface area contributed by atoms with Crippen molar-refractivity contribution in [2.24, 2.45) is 10.8 Å². The van der Waals surface area contributed by atoms with Crippen molar-refractivity contribution in [3.8, 4) is 6.07 Å². The molecule has 2 rings (SSSR count). The Bertz CT molecular complexity index is 543. The Balaban J connectivity index is 2.11. The highest BCUT2D eigenvalue weighted by Gasteiger charge is 2.18. The Morgan fingerprint density at radius 3 is 2.84 bits per heavy atom. The van der Waals surface area contributed by atoms with E-state index in [9.17, 15) is 0 Å². The highest BCUT2D eigenvalue weighted by atomic mass is 32.2. The first-order valence-corrected chi connectivity index (χ1v) is 7.72. The predicted molar refractivity (Wildman–Crippen MR) is 82.7 cm³/mol. The number of hydrazone groups is 1. The molecule has 4 N–H and O–H groups in total. The average Bonchev–Trinajstić information content (AvgIpc) is 2.93. The van der Waals surface area contributed by atoms with Crippen LogP contribution in [0.2, 0.25) is 0 Å². The third-order valence-electron chi connectivity index (χ3n) is 2.44. The fraction of sp³-hybridized carbons (Fsp3) is 0.250. The third kappa shape index (κ3) is 3.66. The van der Waals surface area contributed by atoms with E-state index >= 15 is 0 Å². The summed E-state index contributed by atoms with van der Waals surface area (Å²) in [6.45, 7) is 0. The van der Waals surface area contributed by atoms with E-state index in [1.54, 1.807) is 6.07 Å². The second-order valence-corrected chi connectivity index (χ2v) is 6.52. The van der Waals surface area contributed by atoms with Crippen molar-refractivity contribution in [1.82, 2.24) is 0 Å². The minimum atomic E-state index is -0.340. The van der Waals surface area contributed by atoms with Crippen LogP contribution in [0.25, 0.3) is 0 Å². The Morgan fingerprint density at radius 1 is 1.47 bits per heavy atom. The first kappa shape index (κ1) is 13.8. The number of benzene rings is 1. The number of hydrogen-bond donors (Lipinski definition) is 3.